The molecule has 11 heavy (non-hydrogen) atoms. The summed E-state index contributed by atoms with van der Waals surface area (Å²) >= 11 is 0. The number of nitrogens with two attached hydrogens (primary N) is 1. The predicted octanol–water partition coefficient (Wildman–Crippen LogP) is -0.0814. The van der Waals surface area contributed by atoms with Crippen molar-refractivity contribution in [3.8, 4) is 0 Å². The number of amides is 1. The number of rotatable bonds is 2. The van der Waals surface area contributed by atoms with Crippen molar-refractivity contribution in [3.63, 3.8) is 0 Å². The summed E-state index contributed by atoms with van der Waals surface area (Å²) in [6, 6.07) is 0. The van der Waals surface area contributed by atoms with Crippen LogP contribution >= 0.6 is 0 Å². The Hall–Kier alpha value is -1.58. The lowest BCUT2D eigenvalue weighted by Gasteiger charge is -1.81. The van der Waals surface area contributed by atoms with Gasteiger partial charge in [0.05, 0.1) is 12.0 Å². The van der Waals surface area contributed by atoms with Crippen molar-refractivity contribution in [1.82, 2.24) is 9.55 Å². The molecule has 0 aliphatic carbocycles. The highest BCUT2D eigenvalue weighted by molar-refractivity contribution is 5.89. The molecule has 0 bridgehead atoms. The molecular formula is C7H9N3O. The van der Waals surface area contributed by atoms with Crippen molar-refractivity contribution in [1.29, 1.82) is 0 Å². The maximum Gasteiger partial charge on any atom is 0.241 e. The molecule has 4 nitrogen and oxygen atoms in total. The highest BCUT2D eigenvalue weighted by atomic mass is 16.1. The Labute approximate surface area is 64.3 Å². The largest absolute Gasteiger partial charge is 0.366 e. The maximum atomic E-state index is 10.3. The Balaban J connectivity index is 2.71. The molecule has 0 atom stereocenters. The van der Waals surface area contributed by atoms with Crippen molar-refractivity contribution >= 4 is 12.0 Å². The standard InChI is InChI=1S/C7H9N3O/c1-10-4-6(9-5-10)2-3-7(8)11/h2-5H,1H3,(H2,8,11). The SMILES string of the molecule is Cn1cnc(C=CC(N)=O)c1. The lowest BCUT2D eigenvalue weighted by Crippen LogP contribution is -2.05. The second-order valence-electron chi connectivity index (χ2n) is 2.20. The molecule has 1 aromatic heterocycles. The summed E-state index contributed by atoms with van der Waals surface area (Å²) in [6.45, 7) is 0. The van der Waals surface area contributed by atoms with Crippen LogP contribution in [0.25, 0.3) is 6.08 Å². The zero-order chi connectivity index (χ0) is 8.27. The Bertz CT molecular complexity index is 288. The van der Waals surface area contributed by atoms with Gasteiger partial charge in [-0.25, -0.2) is 4.98 Å². The summed E-state index contributed by atoms with van der Waals surface area (Å²) < 4.78 is 1.79. The Morgan fingerprint density at radius 1 is 1.82 bits per heavy atom. The highest BCUT2D eigenvalue weighted by Gasteiger charge is 1.90. The third-order valence-corrected chi connectivity index (χ3v) is 1.14. The molecule has 58 valence electrons. The number of aromatic nitrogens is 2. The van der Waals surface area contributed by atoms with E-state index in [0.717, 1.165) is 5.69 Å². The van der Waals surface area contributed by atoms with Gasteiger partial charge in [0.15, 0.2) is 0 Å². The summed E-state index contributed by atoms with van der Waals surface area (Å²) in [5.41, 5.74) is 5.61. The molecule has 2 N–H and O–H groups in total. The Kier molecular flexibility index (Phi) is 2.06. The summed E-state index contributed by atoms with van der Waals surface area (Å²) in [6.07, 6.45) is 6.30. The molecule has 0 aliphatic rings. The normalized spacial score (nSPS) is 10.6. The summed E-state index contributed by atoms with van der Waals surface area (Å²) in [5, 5.41) is 0. The molecular weight excluding hydrogens is 142 g/mol. The first-order valence-corrected chi connectivity index (χ1v) is 3.14. The van der Waals surface area contributed by atoms with Crippen molar-refractivity contribution in [3.05, 3.63) is 24.3 Å². The molecule has 0 saturated heterocycles. The molecule has 0 fully saturated rings. The number of carbonyl (C=O) groups is 1. The number of carbonyl (C=O) groups excluding carboxylic acids is 1. The van der Waals surface area contributed by atoms with Gasteiger partial charge in [-0.1, -0.05) is 0 Å². The van der Waals surface area contributed by atoms with E-state index in [1.807, 2.05) is 7.05 Å². The van der Waals surface area contributed by atoms with Crippen molar-refractivity contribution < 1.29 is 4.79 Å². The average molecular weight is 151 g/mol. The fourth-order valence-corrected chi connectivity index (χ4v) is 0.687. The van der Waals surface area contributed by atoms with Gasteiger partial charge < -0.3 is 10.3 Å². The van der Waals surface area contributed by atoms with E-state index in [-0.39, 0.29) is 0 Å². The lowest BCUT2D eigenvalue weighted by atomic mass is 10.4. The van der Waals surface area contributed by atoms with Crippen LogP contribution < -0.4 is 5.73 Å². The third kappa shape index (κ3) is 2.25. The maximum absolute atomic E-state index is 10.3. The van der Waals surface area contributed by atoms with Crippen LogP contribution in [0.2, 0.25) is 0 Å². The van der Waals surface area contributed by atoms with Gasteiger partial charge in [-0.15, -0.1) is 0 Å². The predicted molar refractivity (Wildman–Crippen MR) is 41.4 cm³/mol. The number of imidazole rings is 1. The minimum atomic E-state index is -0.462. The van der Waals surface area contributed by atoms with Crippen LogP contribution in [0.3, 0.4) is 0 Å². The lowest BCUT2D eigenvalue weighted by molar-refractivity contribution is -0.113. The zero-order valence-electron chi connectivity index (χ0n) is 6.19. The molecule has 1 aromatic rings. The molecule has 0 radical (unpaired) electrons. The van der Waals surface area contributed by atoms with Crippen LogP contribution in [0.4, 0.5) is 0 Å². The van der Waals surface area contributed by atoms with E-state index in [1.165, 1.54) is 6.08 Å². The van der Waals surface area contributed by atoms with E-state index in [1.54, 1.807) is 23.2 Å². The second-order valence-corrected chi connectivity index (χ2v) is 2.20. The average Bonchev–Trinajstić information content (AvgIpc) is 2.31. The fourth-order valence-electron chi connectivity index (χ4n) is 0.687. The Morgan fingerprint density at radius 2 is 2.55 bits per heavy atom. The molecule has 1 rings (SSSR count). The summed E-state index contributed by atoms with van der Waals surface area (Å²) in [7, 11) is 1.86. The van der Waals surface area contributed by atoms with E-state index in [0.29, 0.717) is 0 Å². The van der Waals surface area contributed by atoms with Crippen molar-refractivity contribution in [2.45, 2.75) is 0 Å². The summed E-state index contributed by atoms with van der Waals surface area (Å²) in [5.74, 6) is -0.462. The van der Waals surface area contributed by atoms with Gasteiger partial charge in [0, 0.05) is 19.3 Å². The van der Waals surface area contributed by atoms with E-state index in [9.17, 15) is 4.79 Å². The number of hydrogen-bond acceptors (Lipinski definition) is 2. The first-order chi connectivity index (χ1) is 5.18. The molecule has 0 aromatic carbocycles. The molecule has 0 unspecified atom stereocenters. The molecule has 1 heterocycles. The van der Waals surface area contributed by atoms with Gasteiger partial charge in [0.2, 0.25) is 5.91 Å². The van der Waals surface area contributed by atoms with Crippen molar-refractivity contribution in [2.24, 2.45) is 12.8 Å². The zero-order valence-corrected chi connectivity index (χ0v) is 6.19. The first kappa shape index (κ1) is 7.53. The smallest absolute Gasteiger partial charge is 0.241 e. The minimum Gasteiger partial charge on any atom is -0.366 e. The van der Waals surface area contributed by atoms with Crippen molar-refractivity contribution in [2.75, 3.05) is 0 Å². The van der Waals surface area contributed by atoms with E-state index >= 15 is 0 Å². The quantitative estimate of drug-likeness (QED) is 0.601. The second kappa shape index (κ2) is 3.01. The number of aryl methyl sites for hydroxylation is 1. The van der Waals surface area contributed by atoms with Crippen LogP contribution in [-0.2, 0) is 11.8 Å². The topological polar surface area (TPSA) is 60.9 Å². The number of hydrogen-bond donors (Lipinski definition) is 1. The van der Waals surface area contributed by atoms with E-state index < -0.39 is 5.91 Å². The van der Waals surface area contributed by atoms with E-state index in [4.69, 9.17) is 5.73 Å². The molecule has 1 amide bonds. The van der Waals surface area contributed by atoms with Gasteiger partial charge >= 0.3 is 0 Å². The van der Waals surface area contributed by atoms with E-state index in [2.05, 4.69) is 4.98 Å². The number of nitrogens with zero attached hydrogens (tertiary/aromatic N) is 2. The monoisotopic (exact) mass is 151 g/mol. The fraction of sp³-hybridized carbons (Fsp3) is 0.143. The van der Waals surface area contributed by atoms with Crippen LogP contribution in [0.1, 0.15) is 5.69 Å². The highest BCUT2D eigenvalue weighted by Crippen LogP contribution is 1.95. The summed E-state index contributed by atoms with van der Waals surface area (Å²) in [4.78, 5) is 14.2. The van der Waals surface area contributed by atoms with Crippen LogP contribution in [0.15, 0.2) is 18.6 Å². The van der Waals surface area contributed by atoms with Gasteiger partial charge in [-0.05, 0) is 6.08 Å². The van der Waals surface area contributed by atoms with Gasteiger partial charge in [0.25, 0.3) is 0 Å². The van der Waals surface area contributed by atoms with Crippen LogP contribution in [0, 0.1) is 0 Å². The van der Waals surface area contributed by atoms with Gasteiger partial charge in [0.1, 0.15) is 0 Å². The minimum absolute atomic E-state index is 0.462. The first-order valence-electron chi connectivity index (χ1n) is 3.14. The van der Waals surface area contributed by atoms with Gasteiger partial charge in [-0.3, -0.25) is 4.79 Å². The molecule has 0 saturated carbocycles. The molecule has 0 spiro atoms. The Morgan fingerprint density at radius 3 is 3.00 bits per heavy atom. The van der Waals surface area contributed by atoms with Gasteiger partial charge in [-0.2, -0.15) is 0 Å². The van der Waals surface area contributed by atoms with Crippen LogP contribution in [-0.4, -0.2) is 15.5 Å². The third-order valence-electron chi connectivity index (χ3n) is 1.14. The van der Waals surface area contributed by atoms with Crippen LogP contribution in [0.5, 0.6) is 0 Å². The number of primary amides is 1. The molecule has 4 heteroatoms. The molecule has 0 aliphatic heterocycles.